The fourth-order valence-corrected chi connectivity index (χ4v) is 2.04. The van der Waals surface area contributed by atoms with Gasteiger partial charge in [0.05, 0.1) is 17.3 Å². The molecular weight excluding hydrogens is 272 g/mol. The van der Waals surface area contributed by atoms with Crippen LogP contribution in [0.5, 0.6) is 11.5 Å². The lowest BCUT2D eigenvalue weighted by Crippen LogP contribution is -2.23. The topological polar surface area (TPSA) is 90.2 Å². The van der Waals surface area contributed by atoms with Crippen molar-refractivity contribution in [3.05, 3.63) is 59.2 Å². The number of hydrogen-bond acceptors (Lipinski definition) is 5. The molecule has 0 unspecified atom stereocenters. The Bertz CT molecular complexity index is 748. The first-order chi connectivity index (χ1) is 10.1. The molecule has 1 heterocycles. The summed E-state index contributed by atoms with van der Waals surface area (Å²) < 4.78 is 0. The van der Waals surface area contributed by atoms with Gasteiger partial charge < -0.3 is 10.2 Å². The Labute approximate surface area is 119 Å². The van der Waals surface area contributed by atoms with Gasteiger partial charge in [-0.1, -0.05) is 12.1 Å². The van der Waals surface area contributed by atoms with Gasteiger partial charge in [0.25, 0.3) is 11.8 Å². The van der Waals surface area contributed by atoms with E-state index in [1.54, 1.807) is 24.3 Å². The number of benzene rings is 2. The van der Waals surface area contributed by atoms with Crippen LogP contribution in [0.1, 0.15) is 26.3 Å². The normalized spacial score (nSPS) is 14.0. The molecule has 0 bridgehead atoms. The van der Waals surface area contributed by atoms with E-state index in [-0.39, 0.29) is 17.1 Å². The van der Waals surface area contributed by atoms with Crippen LogP contribution in [0.2, 0.25) is 0 Å². The van der Waals surface area contributed by atoms with Crippen molar-refractivity contribution in [2.24, 2.45) is 5.10 Å². The average Bonchev–Trinajstić information content (AvgIpc) is 2.71. The molecule has 0 saturated carbocycles. The number of carbonyl (C=O) groups is 2. The SMILES string of the molecule is O=C1c2ccccc2C(=O)N1/N=C/c1ccc(O)cc1O. The van der Waals surface area contributed by atoms with Crippen LogP contribution in [0.15, 0.2) is 47.6 Å². The molecule has 0 fully saturated rings. The third-order valence-electron chi connectivity index (χ3n) is 3.10. The van der Waals surface area contributed by atoms with Gasteiger partial charge in [0.15, 0.2) is 0 Å². The molecule has 1 aliphatic heterocycles. The highest BCUT2D eigenvalue weighted by molar-refractivity contribution is 6.21. The zero-order valence-corrected chi connectivity index (χ0v) is 10.7. The van der Waals surface area contributed by atoms with E-state index in [1.807, 2.05) is 0 Å². The van der Waals surface area contributed by atoms with Gasteiger partial charge in [-0.2, -0.15) is 10.1 Å². The Morgan fingerprint density at radius 2 is 1.57 bits per heavy atom. The number of nitrogens with zero attached hydrogens (tertiary/aromatic N) is 2. The minimum Gasteiger partial charge on any atom is -0.508 e. The van der Waals surface area contributed by atoms with Crippen LogP contribution in [0.25, 0.3) is 0 Å². The fourth-order valence-electron chi connectivity index (χ4n) is 2.04. The number of hydrogen-bond donors (Lipinski definition) is 2. The third-order valence-corrected chi connectivity index (χ3v) is 3.10. The van der Waals surface area contributed by atoms with E-state index < -0.39 is 11.8 Å². The van der Waals surface area contributed by atoms with Crippen molar-refractivity contribution in [1.29, 1.82) is 0 Å². The molecule has 3 rings (SSSR count). The first-order valence-electron chi connectivity index (χ1n) is 6.11. The van der Waals surface area contributed by atoms with Crippen molar-refractivity contribution in [3.8, 4) is 11.5 Å². The highest BCUT2D eigenvalue weighted by atomic mass is 16.3. The van der Waals surface area contributed by atoms with Crippen LogP contribution >= 0.6 is 0 Å². The van der Waals surface area contributed by atoms with Gasteiger partial charge in [-0.3, -0.25) is 9.59 Å². The lowest BCUT2D eigenvalue weighted by atomic mass is 10.1. The van der Waals surface area contributed by atoms with Gasteiger partial charge in [-0.25, -0.2) is 0 Å². The van der Waals surface area contributed by atoms with E-state index in [9.17, 15) is 19.8 Å². The maximum absolute atomic E-state index is 12.1. The van der Waals surface area contributed by atoms with E-state index in [0.717, 1.165) is 11.1 Å². The van der Waals surface area contributed by atoms with E-state index in [2.05, 4.69) is 5.10 Å². The number of hydrazone groups is 1. The summed E-state index contributed by atoms with van der Waals surface area (Å²) in [6.07, 6.45) is 1.19. The largest absolute Gasteiger partial charge is 0.508 e. The molecule has 0 spiro atoms. The molecule has 0 aromatic heterocycles. The number of phenolic OH excluding ortho intramolecular Hbond substituents is 2. The number of fused-ring (bicyclic) bond motifs is 1. The molecule has 0 aliphatic carbocycles. The quantitative estimate of drug-likeness (QED) is 0.648. The second-order valence-electron chi connectivity index (χ2n) is 4.46. The summed E-state index contributed by atoms with van der Waals surface area (Å²) >= 11 is 0. The van der Waals surface area contributed by atoms with Crippen molar-refractivity contribution < 1.29 is 19.8 Å². The van der Waals surface area contributed by atoms with Crippen LogP contribution in [0.4, 0.5) is 0 Å². The van der Waals surface area contributed by atoms with Crippen molar-refractivity contribution in [2.75, 3.05) is 0 Å². The summed E-state index contributed by atoms with van der Waals surface area (Å²) in [6, 6.07) is 10.4. The molecule has 2 aromatic carbocycles. The third kappa shape index (κ3) is 2.12. The van der Waals surface area contributed by atoms with Crippen molar-refractivity contribution >= 4 is 18.0 Å². The van der Waals surface area contributed by atoms with Crippen LogP contribution in [0, 0.1) is 0 Å². The zero-order chi connectivity index (χ0) is 15.0. The number of amides is 2. The van der Waals surface area contributed by atoms with Crippen molar-refractivity contribution in [2.45, 2.75) is 0 Å². The molecule has 1 aliphatic rings. The van der Waals surface area contributed by atoms with Gasteiger partial charge >= 0.3 is 0 Å². The molecule has 0 atom stereocenters. The summed E-state index contributed by atoms with van der Waals surface area (Å²) in [5.41, 5.74) is 0.883. The van der Waals surface area contributed by atoms with E-state index in [4.69, 9.17) is 0 Å². The number of aromatic hydroxyl groups is 2. The van der Waals surface area contributed by atoms with Crippen LogP contribution in [0.3, 0.4) is 0 Å². The van der Waals surface area contributed by atoms with Gasteiger partial charge in [0.2, 0.25) is 0 Å². The lowest BCUT2D eigenvalue weighted by Gasteiger charge is -2.06. The Hall–Kier alpha value is -3.15. The highest BCUT2D eigenvalue weighted by Gasteiger charge is 2.35. The predicted molar refractivity (Wildman–Crippen MR) is 74.3 cm³/mol. The molecule has 0 saturated heterocycles. The highest BCUT2D eigenvalue weighted by Crippen LogP contribution is 2.24. The second kappa shape index (κ2) is 4.75. The predicted octanol–water partition coefficient (Wildman–Crippen LogP) is 1.73. The molecular formula is C15H10N2O4. The monoisotopic (exact) mass is 282 g/mol. The molecule has 0 radical (unpaired) electrons. The lowest BCUT2D eigenvalue weighted by molar-refractivity contribution is 0.0660. The van der Waals surface area contributed by atoms with Gasteiger partial charge in [0.1, 0.15) is 11.5 Å². The molecule has 2 N–H and O–H groups in total. The maximum atomic E-state index is 12.1. The number of imide groups is 1. The molecule has 6 nitrogen and oxygen atoms in total. The fraction of sp³-hybridized carbons (Fsp3) is 0. The average molecular weight is 282 g/mol. The summed E-state index contributed by atoms with van der Waals surface area (Å²) in [6.45, 7) is 0. The number of rotatable bonds is 2. The summed E-state index contributed by atoms with van der Waals surface area (Å²) in [5, 5.41) is 23.4. The molecule has 21 heavy (non-hydrogen) atoms. The van der Waals surface area contributed by atoms with Gasteiger partial charge in [0, 0.05) is 11.6 Å². The van der Waals surface area contributed by atoms with Crippen LogP contribution in [-0.2, 0) is 0 Å². The Morgan fingerprint density at radius 1 is 0.952 bits per heavy atom. The maximum Gasteiger partial charge on any atom is 0.282 e. The molecule has 2 amide bonds. The smallest absolute Gasteiger partial charge is 0.282 e. The van der Waals surface area contributed by atoms with Gasteiger partial charge in [-0.05, 0) is 24.3 Å². The summed E-state index contributed by atoms with van der Waals surface area (Å²) in [4.78, 5) is 24.1. The second-order valence-corrected chi connectivity index (χ2v) is 4.46. The van der Waals surface area contributed by atoms with Crippen LogP contribution < -0.4 is 0 Å². The standard InChI is InChI=1S/C15H10N2O4/c18-10-6-5-9(13(19)7-10)8-16-17-14(20)11-3-1-2-4-12(11)15(17)21/h1-8,18-19H/b16-8+. The minimum atomic E-state index is -0.509. The Kier molecular flexibility index (Phi) is 2.91. The minimum absolute atomic E-state index is 0.0922. The first kappa shape index (κ1) is 12.9. The summed E-state index contributed by atoms with van der Waals surface area (Å²) in [5.74, 6) is -1.31. The molecule has 6 heteroatoms. The van der Waals surface area contributed by atoms with Crippen molar-refractivity contribution in [1.82, 2.24) is 5.01 Å². The number of phenols is 2. The summed E-state index contributed by atoms with van der Waals surface area (Å²) in [7, 11) is 0. The van der Waals surface area contributed by atoms with Crippen molar-refractivity contribution in [3.63, 3.8) is 0 Å². The van der Waals surface area contributed by atoms with E-state index in [1.165, 1.54) is 18.3 Å². The number of carbonyl (C=O) groups excluding carboxylic acids is 2. The van der Waals surface area contributed by atoms with Crippen LogP contribution in [-0.4, -0.2) is 33.3 Å². The zero-order valence-electron chi connectivity index (χ0n) is 10.7. The Balaban J connectivity index is 1.91. The van der Waals surface area contributed by atoms with E-state index in [0.29, 0.717) is 11.1 Å². The first-order valence-corrected chi connectivity index (χ1v) is 6.11. The van der Waals surface area contributed by atoms with E-state index >= 15 is 0 Å². The Morgan fingerprint density at radius 3 is 2.14 bits per heavy atom. The molecule has 2 aromatic rings. The van der Waals surface area contributed by atoms with Gasteiger partial charge in [-0.15, -0.1) is 0 Å². The molecule has 104 valence electrons.